The van der Waals surface area contributed by atoms with Gasteiger partial charge in [-0.1, -0.05) is 6.92 Å². The van der Waals surface area contributed by atoms with Crippen LogP contribution in [0.4, 0.5) is 10.5 Å². The summed E-state index contributed by atoms with van der Waals surface area (Å²) < 4.78 is 12.0. The van der Waals surface area contributed by atoms with Crippen molar-refractivity contribution in [2.45, 2.75) is 38.6 Å². The number of allylic oxidation sites excluding steroid dienone is 1. The Morgan fingerprint density at radius 1 is 1.38 bits per heavy atom. The monoisotopic (exact) mass is 507 g/mol. The van der Waals surface area contributed by atoms with Gasteiger partial charge in [0.1, 0.15) is 18.1 Å². The molecule has 0 spiro atoms. The van der Waals surface area contributed by atoms with E-state index in [4.69, 9.17) is 14.9 Å². The van der Waals surface area contributed by atoms with Crippen LogP contribution in [0.5, 0.6) is 11.5 Å². The molecule has 196 valence electrons. The zero-order valence-corrected chi connectivity index (χ0v) is 21.2. The predicted octanol–water partition coefficient (Wildman–Crippen LogP) is 3.31. The summed E-state index contributed by atoms with van der Waals surface area (Å²) >= 11 is 0. The average Bonchev–Trinajstić information content (AvgIpc) is 3.57. The highest BCUT2D eigenvalue weighted by atomic mass is 16.5. The van der Waals surface area contributed by atoms with Gasteiger partial charge in [-0.3, -0.25) is 9.69 Å². The van der Waals surface area contributed by atoms with E-state index in [2.05, 4.69) is 10.3 Å². The van der Waals surface area contributed by atoms with E-state index in [0.717, 1.165) is 25.5 Å². The summed E-state index contributed by atoms with van der Waals surface area (Å²) in [7, 11) is 0. The Morgan fingerprint density at radius 2 is 2.19 bits per heavy atom. The van der Waals surface area contributed by atoms with Gasteiger partial charge < -0.3 is 35.2 Å². The lowest BCUT2D eigenvalue weighted by Gasteiger charge is -2.40. The van der Waals surface area contributed by atoms with Crippen LogP contribution in [-0.4, -0.2) is 71.5 Å². The molecule has 1 saturated carbocycles. The van der Waals surface area contributed by atoms with Gasteiger partial charge in [0.15, 0.2) is 5.76 Å². The molecule has 10 heteroatoms. The number of nitrogens with one attached hydrogen (secondary N) is 3. The van der Waals surface area contributed by atoms with Gasteiger partial charge in [-0.05, 0) is 49.8 Å². The smallest absolute Gasteiger partial charge is 0.322 e. The van der Waals surface area contributed by atoms with Gasteiger partial charge in [0.25, 0.3) is 5.91 Å². The largest absolute Gasteiger partial charge is 0.489 e. The summed E-state index contributed by atoms with van der Waals surface area (Å²) in [5.41, 5.74) is 2.06. The molecule has 1 aliphatic carbocycles. The fourth-order valence-electron chi connectivity index (χ4n) is 5.62. The highest BCUT2D eigenvalue weighted by Crippen LogP contribution is 2.50. The number of hydrogen-bond donors (Lipinski definition) is 4. The number of aromatic amines is 1. The number of urea groups is 1. The third-order valence-corrected chi connectivity index (χ3v) is 7.54. The van der Waals surface area contributed by atoms with Crippen molar-refractivity contribution in [1.29, 1.82) is 5.41 Å². The molecule has 4 aliphatic rings. The Hall–Kier alpha value is -3.79. The van der Waals surface area contributed by atoms with E-state index in [-0.39, 0.29) is 18.5 Å². The van der Waals surface area contributed by atoms with Crippen LogP contribution >= 0.6 is 0 Å². The van der Waals surface area contributed by atoms with Crippen LogP contribution in [0, 0.1) is 18.3 Å². The number of ether oxygens (including phenoxy) is 2. The second kappa shape index (κ2) is 9.93. The molecule has 2 bridgehead atoms. The third kappa shape index (κ3) is 4.35. The van der Waals surface area contributed by atoms with Crippen molar-refractivity contribution in [3.8, 4) is 11.5 Å². The van der Waals surface area contributed by atoms with E-state index in [1.165, 1.54) is 6.08 Å². The quantitative estimate of drug-likeness (QED) is 0.322. The van der Waals surface area contributed by atoms with Crippen molar-refractivity contribution >= 4 is 29.6 Å². The lowest BCUT2D eigenvalue weighted by Crippen LogP contribution is -2.51. The molecule has 37 heavy (non-hydrogen) atoms. The van der Waals surface area contributed by atoms with Crippen LogP contribution in [0.1, 0.15) is 47.8 Å². The van der Waals surface area contributed by atoms with Gasteiger partial charge >= 0.3 is 6.03 Å². The van der Waals surface area contributed by atoms with Crippen molar-refractivity contribution in [3.05, 3.63) is 47.3 Å². The number of hydrogen-bond acceptors (Lipinski definition) is 6. The summed E-state index contributed by atoms with van der Waals surface area (Å²) in [6.45, 7) is 5.91. The average molecular weight is 508 g/mol. The van der Waals surface area contributed by atoms with Gasteiger partial charge in [-0.2, -0.15) is 0 Å². The number of aliphatic hydroxyl groups excluding tert-OH is 1. The molecule has 4 heterocycles. The molecule has 2 saturated heterocycles. The lowest BCUT2D eigenvalue weighted by atomic mass is 9.74. The van der Waals surface area contributed by atoms with Crippen molar-refractivity contribution in [2.24, 2.45) is 5.92 Å². The second-order valence-electron chi connectivity index (χ2n) is 9.94. The number of aromatic nitrogens is 1. The first-order valence-electron chi connectivity index (χ1n) is 12.7. The Kier molecular flexibility index (Phi) is 6.68. The summed E-state index contributed by atoms with van der Waals surface area (Å²) in [5.74, 6) is 1.75. The van der Waals surface area contributed by atoms with E-state index in [1.54, 1.807) is 29.3 Å². The van der Waals surface area contributed by atoms with Crippen LogP contribution in [0.25, 0.3) is 5.76 Å². The van der Waals surface area contributed by atoms with Crippen LogP contribution in [0.3, 0.4) is 0 Å². The highest BCUT2D eigenvalue weighted by Gasteiger charge is 2.57. The van der Waals surface area contributed by atoms with Crippen LogP contribution in [0.2, 0.25) is 0 Å². The number of anilines is 1. The van der Waals surface area contributed by atoms with Gasteiger partial charge in [0.2, 0.25) is 0 Å². The Balaban J connectivity index is 1.36. The molecule has 10 nitrogen and oxygen atoms in total. The minimum Gasteiger partial charge on any atom is -0.489 e. The Labute approximate surface area is 215 Å². The summed E-state index contributed by atoms with van der Waals surface area (Å²) in [5, 5.41) is 20.4. The number of benzene rings is 1. The second-order valence-corrected chi connectivity index (χ2v) is 9.94. The molecule has 0 unspecified atom stereocenters. The van der Waals surface area contributed by atoms with Crippen LogP contribution in [0.15, 0.2) is 30.5 Å². The first-order chi connectivity index (χ1) is 17.9. The van der Waals surface area contributed by atoms with E-state index >= 15 is 0 Å². The molecular formula is C27H33N5O5. The number of fused-ring (bicyclic) bond motifs is 2. The third-order valence-electron chi connectivity index (χ3n) is 7.54. The van der Waals surface area contributed by atoms with Gasteiger partial charge in [-0.25, -0.2) is 4.79 Å². The molecule has 0 radical (unpaired) electrons. The van der Waals surface area contributed by atoms with Gasteiger partial charge in [-0.15, -0.1) is 0 Å². The first-order valence-corrected chi connectivity index (χ1v) is 12.7. The zero-order chi connectivity index (χ0) is 26.2. The van der Waals surface area contributed by atoms with Crippen molar-refractivity contribution in [1.82, 2.24) is 15.2 Å². The number of H-pyrrole nitrogens is 1. The number of carbonyl (C=O) groups is 2. The minimum absolute atomic E-state index is 0.0221. The normalized spacial score (nSPS) is 22.1. The maximum atomic E-state index is 13.4. The topological polar surface area (TPSA) is 131 Å². The molecule has 3 amide bonds. The molecular weight excluding hydrogens is 474 g/mol. The van der Waals surface area contributed by atoms with Crippen molar-refractivity contribution in [2.75, 3.05) is 37.7 Å². The number of aliphatic hydroxyl groups is 1. The molecule has 1 aromatic carbocycles. The first kappa shape index (κ1) is 24.9. The van der Waals surface area contributed by atoms with Crippen molar-refractivity contribution < 1.29 is 24.2 Å². The number of carbonyl (C=O) groups excluding carboxylic acids is 2. The summed E-state index contributed by atoms with van der Waals surface area (Å²) in [6.07, 6.45) is 6.86. The minimum atomic E-state index is -0.430. The summed E-state index contributed by atoms with van der Waals surface area (Å²) in [6, 6.07) is 5.08. The van der Waals surface area contributed by atoms with E-state index in [1.807, 2.05) is 18.7 Å². The fourth-order valence-corrected chi connectivity index (χ4v) is 5.62. The Bertz CT molecular complexity index is 1250. The molecule has 2 aromatic rings. The maximum Gasteiger partial charge on any atom is 0.322 e. The highest BCUT2D eigenvalue weighted by molar-refractivity contribution is 5.98. The predicted molar refractivity (Wildman–Crippen MR) is 139 cm³/mol. The SMILES string of the molecule is CCCNC(=O)N1CCOc2cc(O/C(=C/C=N)c3[nH]cc(C(=O)N4CC5CC4(CO)C5)c3C)ccc21. The molecule has 6 rings (SSSR count). The molecule has 3 fully saturated rings. The van der Waals surface area contributed by atoms with Crippen LogP contribution < -0.4 is 19.7 Å². The van der Waals surface area contributed by atoms with Crippen molar-refractivity contribution in [3.63, 3.8) is 0 Å². The number of nitrogens with zero attached hydrogens (tertiary/aromatic N) is 2. The molecule has 1 aromatic heterocycles. The van der Waals surface area contributed by atoms with Crippen LogP contribution in [-0.2, 0) is 0 Å². The van der Waals surface area contributed by atoms with E-state index in [0.29, 0.717) is 71.9 Å². The standard InChI is InChI=1S/C27H33N5O5/c1-3-8-29-26(35)31-9-10-36-23-11-19(4-5-21(23)31)37-22(6-7-28)24-17(2)20(14-30-24)25(34)32-15-18-12-27(32,13-18)16-33/h4-7,11,14,18,28,30,33H,3,8-10,12-13,15-16H2,1-2H3,(H,29,35)/b22-6+,28-7?. The molecule has 4 N–H and O–H groups in total. The van der Waals surface area contributed by atoms with E-state index < -0.39 is 5.54 Å². The maximum absolute atomic E-state index is 13.4. The van der Waals surface area contributed by atoms with Gasteiger partial charge in [0.05, 0.1) is 35.6 Å². The molecule has 3 aliphatic heterocycles. The lowest BCUT2D eigenvalue weighted by molar-refractivity contribution is 0.0297. The fraction of sp³-hybridized carbons (Fsp3) is 0.444. The number of amides is 3. The zero-order valence-electron chi connectivity index (χ0n) is 21.2. The van der Waals surface area contributed by atoms with Gasteiger partial charge in [0, 0.05) is 37.6 Å². The Morgan fingerprint density at radius 3 is 2.92 bits per heavy atom. The molecule has 0 atom stereocenters. The van der Waals surface area contributed by atoms with E-state index in [9.17, 15) is 14.7 Å². The summed E-state index contributed by atoms with van der Waals surface area (Å²) in [4.78, 5) is 32.5. The number of rotatable bonds is 8.